The van der Waals surface area contributed by atoms with Gasteiger partial charge in [0.1, 0.15) is 10.8 Å². The Morgan fingerprint density at radius 1 is 1.06 bits per heavy atom. The molecular formula is C22H15ClFN3O2S2. The molecular weight excluding hydrogens is 457 g/mol. The van der Waals surface area contributed by atoms with Gasteiger partial charge >= 0.3 is 0 Å². The van der Waals surface area contributed by atoms with Crippen LogP contribution < -0.4 is 5.32 Å². The Bertz CT molecular complexity index is 1200. The minimum Gasteiger partial charge on any atom is -0.429 e. The van der Waals surface area contributed by atoms with Crippen molar-refractivity contribution in [1.82, 2.24) is 9.97 Å². The van der Waals surface area contributed by atoms with Crippen molar-refractivity contribution in [3.8, 4) is 11.5 Å². The number of pyridine rings is 1. The van der Waals surface area contributed by atoms with Gasteiger partial charge in [-0.2, -0.15) is 0 Å². The first-order chi connectivity index (χ1) is 15.0. The number of benzene rings is 2. The Morgan fingerprint density at radius 2 is 1.81 bits per heavy atom. The highest BCUT2D eigenvalue weighted by Gasteiger charge is 2.23. The van der Waals surface area contributed by atoms with Gasteiger partial charge in [0.15, 0.2) is 5.69 Å². The second kappa shape index (κ2) is 9.55. The van der Waals surface area contributed by atoms with Crippen molar-refractivity contribution in [1.29, 1.82) is 0 Å². The number of hydrogen-bond acceptors (Lipinski definition) is 6. The molecule has 9 heteroatoms. The largest absolute Gasteiger partial charge is 0.429 e. The molecule has 0 saturated carbocycles. The van der Waals surface area contributed by atoms with Crippen LogP contribution in [0.2, 0.25) is 5.02 Å². The van der Waals surface area contributed by atoms with Crippen molar-refractivity contribution < 1.29 is 13.6 Å². The number of nitrogens with zero attached hydrogens (tertiary/aromatic N) is 2. The predicted octanol–water partition coefficient (Wildman–Crippen LogP) is 6.65. The molecule has 0 aliphatic rings. The monoisotopic (exact) mass is 471 g/mol. The number of rotatable bonds is 6. The second-order valence-electron chi connectivity index (χ2n) is 6.26. The third-order valence-electron chi connectivity index (χ3n) is 4.15. The van der Waals surface area contributed by atoms with Gasteiger partial charge in [-0.1, -0.05) is 11.6 Å². The molecule has 4 aromatic rings. The zero-order valence-electron chi connectivity index (χ0n) is 16.1. The Hall–Kier alpha value is -2.81. The third-order valence-corrected chi connectivity index (χ3v) is 6.03. The molecule has 5 nitrogen and oxygen atoms in total. The van der Waals surface area contributed by atoms with Crippen molar-refractivity contribution in [3.05, 3.63) is 83.4 Å². The Kier molecular flexibility index (Phi) is 6.60. The van der Waals surface area contributed by atoms with E-state index in [-0.39, 0.29) is 22.5 Å². The zero-order valence-corrected chi connectivity index (χ0v) is 18.5. The zero-order chi connectivity index (χ0) is 21.8. The molecule has 0 bridgehead atoms. The van der Waals surface area contributed by atoms with Gasteiger partial charge in [-0.15, -0.1) is 11.8 Å². The van der Waals surface area contributed by atoms with Crippen LogP contribution in [0.3, 0.4) is 0 Å². The molecule has 2 heterocycles. The fourth-order valence-electron chi connectivity index (χ4n) is 2.62. The average Bonchev–Trinajstić information content (AvgIpc) is 3.20. The number of nitrogens with one attached hydrogen (secondary N) is 1. The Balaban J connectivity index is 1.66. The summed E-state index contributed by atoms with van der Waals surface area (Å²) < 4.78 is 19.2. The first kappa shape index (κ1) is 21.4. The van der Waals surface area contributed by atoms with Crippen LogP contribution in [0.1, 0.15) is 10.5 Å². The first-order valence-corrected chi connectivity index (χ1v) is 11.5. The molecule has 0 atom stereocenters. The summed E-state index contributed by atoms with van der Waals surface area (Å²) in [4.78, 5) is 22.7. The van der Waals surface area contributed by atoms with E-state index in [4.69, 9.17) is 16.0 Å². The average molecular weight is 472 g/mol. The summed E-state index contributed by atoms with van der Waals surface area (Å²) in [6, 6.07) is 16.6. The number of anilines is 1. The second-order valence-corrected chi connectivity index (χ2v) is 8.57. The van der Waals surface area contributed by atoms with Gasteiger partial charge in [0, 0.05) is 22.3 Å². The van der Waals surface area contributed by atoms with Crippen LogP contribution in [-0.2, 0) is 0 Å². The summed E-state index contributed by atoms with van der Waals surface area (Å²) in [6.45, 7) is 0. The Labute approximate surface area is 191 Å². The van der Waals surface area contributed by atoms with Crippen molar-refractivity contribution >= 4 is 46.7 Å². The summed E-state index contributed by atoms with van der Waals surface area (Å²) in [5.74, 6) is -0.591. The van der Waals surface area contributed by atoms with Gasteiger partial charge in [0.05, 0.1) is 5.02 Å². The predicted molar refractivity (Wildman–Crippen MR) is 121 cm³/mol. The first-order valence-electron chi connectivity index (χ1n) is 9.03. The molecule has 1 N–H and O–H groups in total. The molecule has 4 rings (SSSR count). The van der Waals surface area contributed by atoms with Gasteiger partial charge in [-0.3, -0.25) is 4.79 Å². The number of aromatic nitrogens is 2. The smallest absolute Gasteiger partial charge is 0.278 e. The fraction of sp³-hybridized carbons (Fsp3) is 0.0455. The molecule has 0 radical (unpaired) electrons. The number of carbonyl (C=O) groups excluding carboxylic acids is 1. The molecule has 0 spiro atoms. The van der Waals surface area contributed by atoms with Gasteiger partial charge in [-0.05, 0) is 78.7 Å². The van der Waals surface area contributed by atoms with Crippen molar-refractivity contribution in [2.45, 2.75) is 15.0 Å². The van der Waals surface area contributed by atoms with E-state index < -0.39 is 5.91 Å². The summed E-state index contributed by atoms with van der Waals surface area (Å²) in [5, 5.41) is 4.19. The SMILES string of the molecule is CSc1ccc(NC(=O)c2nc(-c3ccc(F)cc3)oc2Sc2ccc(Cl)cn2)cc1. The van der Waals surface area contributed by atoms with Crippen LogP contribution in [0.25, 0.3) is 11.5 Å². The summed E-state index contributed by atoms with van der Waals surface area (Å²) in [6.07, 6.45) is 3.49. The van der Waals surface area contributed by atoms with E-state index >= 15 is 0 Å². The molecule has 0 fully saturated rings. The maximum atomic E-state index is 13.3. The van der Waals surface area contributed by atoms with Crippen molar-refractivity contribution in [2.75, 3.05) is 11.6 Å². The van der Waals surface area contributed by atoms with Crippen LogP contribution in [0.4, 0.5) is 10.1 Å². The number of oxazole rings is 1. The van der Waals surface area contributed by atoms with Gasteiger partial charge in [0.2, 0.25) is 11.0 Å². The van der Waals surface area contributed by atoms with E-state index in [0.717, 1.165) is 16.7 Å². The molecule has 1 amide bonds. The highest BCUT2D eigenvalue weighted by molar-refractivity contribution is 7.99. The van der Waals surface area contributed by atoms with Gasteiger partial charge < -0.3 is 9.73 Å². The van der Waals surface area contributed by atoms with E-state index in [1.165, 1.54) is 18.3 Å². The van der Waals surface area contributed by atoms with E-state index in [0.29, 0.717) is 21.3 Å². The third kappa shape index (κ3) is 5.28. The molecule has 0 aliphatic heterocycles. The highest BCUT2D eigenvalue weighted by Crippen LogP contribution is 2.34. The molecule has 0 unspecified atom stereocenters. The molecule has 0 saturated heterocycles. The lowest BCUT2D eigenvalue weighted by molar-refractivity contribution is 0.101. The quantitative estimate of drug-likeness (QED) is 0.317. The molecule has 0 aliphatic carbocycles. The minimum atomic E-state index is -0.425. The fourth-order valence-corrected chi connectivity index (χ4v) is 3.92. The van der Waals surface area contributed by atoms with Gasteiger partial charge in [0.25, 0.3) is 5.91 Å². The summed E-state index contributed by atoms with van der Waals surface area (Å²) >= 11 is 8.66. The molecule has 156 valence electrons. The summed E-state index contributed by atoms with van der Waals surface area (Å²) in [7, 11) is 0. The lowest BCUT2D eigenvalue weighted by Crippen LogP contribution is -2.13. The summed E-state index contributed by atoms with van der Waals surface area (Å²) in [5.41, 5.74) is 1.29. The van der Waals surface area contributed by atoms with Crippen LogP contribution >= 0.6 is 35.1 Å². The normalized spacial score (nSPS) is 10.8. The van der Waals surface area contributed by atoms with Crippen LogP contribution in [0.5, 0.6) is 0 Å². The topological polar surface area (TPSA) is 68.0 Å². The van der Waals surface area contributed by atoms with Crippen LogP contribution in [0, 0.1) is 5.82 Å². The van der Waals surface area contributed by atoms with Crippen molar-refractivity contribution in [2.24, 2.45) is 0 Å². The van der Waals surface area contributed by atoms with E-state index in [9.17, 15) is 9.18 Å². The van der Waals surface area contributed by atoms with Crippen molar-refractivity contribution in [3.63, 3.8) is 0 Å². The number of hydrogen-bond donors (Lipinski definition) is 1. The molecule has 2 aromatic heterocycles. The van der Waals surface area contributed by atoms with E-state index in [2.05, 4.69) is 15.3 Å². The lowest BCUT2D eigenvalue weighted by atomic mass is 10.2. The minimum absolute atomic E-state index is 0.106. The number of thioether (sulfide) groups is 1. The van der Waals surface area contributed by atoms with E-state index in [1.54, 1.807) is 36.0 Å². The maximum Gasteiger partial charge on any atom is 0.278 e. The lowest BCUT2D eigenvalue weighted by Gasteiger charge is -2.05. The van der Waals surface area contributed by atoms with Gasteiger partial charge in [-0.25, -0.2) is 14.4 Å². The van der Waals surface area contributed by atoms with Crippen LogP contribution in [0.15, 0.2) is 86.3 Å². The Morgan fingerprint density at radius 3 is 2.45 bits per heavy atom. The van der Waals surface area contributed by atoms with Crippen LogP contribution in [-0.4, -0.2) is 22.1 Å². The number of carbonyl (C=O) groups is 1. The number of halogens is 2. The number of amides is 1. The van der Waals surface area contributed by atoms with E-state index in [1.807, 2.05) is 30.5 Å². The standard InChI is InChI=1S/C22H15ClFN3O2S2/c1-30-17-9-7-16(8-10-17)26-20(28)19-22(31-18-11-4-14(23)12-25-18)29-21(27-19)13-2-5-15(24)6-3-13/h2-12H,1H3,(H,26,28). The molecule has 2 aromatic carbocycles. The highest BCUT2D eigenvalue weighted by atomic mass is 35.5. The molecule has 31 heavy (non-hydrogen) atoms. The maximum absolute atomic E-state index is 13.3.